The van der Waals surface area contributed by atoms with Crippen LogP contribution >= 0.6 is 23.4 Å². The predicted octanol–water partition coefficient (Wildman–Crippen LogP) is 4.14. The molecule has 0 fully saturated rings. The molecule has 110 valence electrons. The van der Waals surface area contributed by atoms with E-state index in [1.807, 2.05) is 12.1 Å². The van der Waals surface area contributed by atoms with Crippen LogP contribution in [0.5, 0.6) is 0 Å². The molecule has 6 heteroatoms. The molecule has 0 aromatic heterocycles. The van der Waals surface area contributed by atoms with Crippen LogP contribution in [0, 0.1) is 5.82 Å². The van der Waals surface area contributed by atoms with Crippen LogP contribution in [0.4, 0.5) is 10.1 Å². The Hall–Kier alpha value is -1.72. The first kappa shape index (κ1) is 15.7. The molecule has 0 saturated carbocycles. The summed E-state index contributed by atoms with van der Waals surface area (Å²) in [6.45, 7) is 0. The van der Waals surface area contributed by atoms with Crippen molar-refractivity contribution in [2.24, 2.45) is 0 Å². The number of thioether (sulfide) groups is 1. The quantitative estimate of drug-likeness (QED) is 0.521. The fourth-order valence-corrected chi connectivity index (χ4v) is 2.75. The number of anilines is 1. The lowest BCUT2D eigenvalue weighted by molar-refractivity contribution is 0.0601. The van der Waals surface area contributed by atoms with Gasteiger partial charge in [-0.2, -0.15) is 0 Å². The zero-order chi connectivity index (χ0) is 15.4. The molecule has 0 aliphatic heterocycles. The summed E-state index contributed by atoms with van der Waals surface area (Å²) in [7, 11) is 1.26. The van der Waals surface area contributed by atoms with Gasteiger partial charge in [0.15, 0.2) is 0 Å². The Labute approximate surface area is 131 Å². The zero-order valence-electron chi connectivity index (χ0n) is 11.2. The molecular weight excluding hydrogens is 313 g/mol. The number of carbonyl (C=O) groups is 1. The minimum Gasteiger partial charge on any atom is -0.465 e. The SMILES string of the molecule is COC(=O)c1cc(SCc2ccc(Cl)cc2)c(F)cc1N. The molecule has 0 bridgehead atoms. The molecule has 0 atom stereocenters. The van der Waals surface area contributed by atoms with Gasteiger partial charge in [-0.1, -0.05) is 23.7 Å². The van der Waals surface area contributed by atoms with E-state index in [0.717, 1.165) is 11.6 Å². The molecule has 2 aromatic rings. The topological polar surface area (TPSA) is 52.3 Å². The van der Waals surface area contributed by atoms with Crippen LogP contribution in [0.1, 0.15) is 15.9 Å². The molecular formula is C15H13ClFNO2S. The van der Waals surface area contributed by atoms with Crippen molar-refractivity contribution in [3.8, 4) is 0 Å². The Kier molecular flexibility index (Phi) is 5.09. The van der Waals surface area contributed by atoms with Crippen LogP contribution < -0.4 is 5.73 Å². The summed E-state index contributed by atoms with van der Waals surface area (Å²) in [6, 6.07) is 9.83. The van der Waals surface area contributed by atoms with E-state index in [-0.39, 0.29) is 11.3 Å². The van der Waals surface area contributed by atoms with Crippen LogP contribution in [0.25, 0.3) is 0 Å². The summed E-state index contributed by atoms with van der Waals surface area (Å²) in [6.07, 6.45) is 0. The van der Waals surface area contributed by atoms with E-state index in [1.165, 1.54) is 24.9 Å². The standard InChI is InChI=1S/C15H13ClFNO2S/c1-20-15(19)11-6-14(12(17)7-13(11)18)21-8-9-2-4-10(16)5-3-9/h2-7H,8,18H2,1H3. The van der Waals surface area contributed by atoms with Crippen molar-refractivity contribution in [2.45, 2.75) is 10.6 Å². The highest BCUT2D eigenvalue weighted by Gasteiger charge is 2.15. The molecule has 21 heavy (non-hydrogen) atoms. The van der Waals surface area contributed by atoms with Crippen molar-refractivity contribution in [3.05, 3.63) is 58.4 Å². The Morgan fingerprint density at radius 2 is 2.00 bits per heavy atom. The molecule has 2 rings (SSSR count). The average molecular weight is 326 g/mol. The van der Waals surface area contributed by atoms with E-state index in [1.54, 1.807) is 12.1 Å². The van der Waals surface area contributed by atoms with Crippen LogP contribution in [-0.2, 0) is 10.5 Å². The summed E-state index contributed by atoms with van der Waals surface area (Å²) in [5.74, 6) is -0.488. The maximum Gasteiger partial charge on any atom is 0.339 e. The van der Waals surface area contributed by atoms with Crippen molar-refractivity contribution in [1.29, 1.82) is 0 Å². The molecule has 2 N–H and O–H groups in total. The summed E-state index contributed by atoms with van der Waals surface area (Å²) in [4.78, 5) is 11.9. The van der Waals surface area contributed by atoms with Gasteiger partial charge in [0.1, 0.15) is 5.82 Å². The van der Waals surface area contributed by atoms with Gasteiger partial charge in [-0.25, -0.2) is 9.18 Å². The smallest absolute Gasteiger partial charge is 0.339 e. The number of esters is 1. The van der Waals surface area contributed by atoms with E-state index in [2.05, 4.69) is 4.74 Å². The lowest BCUT2D eigenvalue weighted by Gasteiger charge is -2.08. The van der Waals surface area contributed by atoms with Gasteiger partial charge in [0, 0.05) is 21.4 Å². The number of carbonyl (C=O) groups excluding carboxylic acids is 1. The van der Waals surface area contributed by atoms with Crippen molar-refractivity contribution in [2.75, 3.05) is 12.8 Å². The minimum absolute atomic E-state index is 0.0650. The first-order valence-corrected chi connectivity index (χ1v) is 7.42. The summed E-state index contributed by atoms with van der Waals surface area (Å²) >= 11 is 7.09. The highest BCUT2D eigenvalue weighted by atomic mass is 35.5. The number of hydrogen-bond donors (Lipinski definition) is 1. The molecule has 3 nitrogen and oxygen atoms in total. The number of methoxy groups -OCH3 is 1. The fourth-order valence-electron chi connectivity index (χ4n) is 1.71. The molecule has 0 aliphatic carbocycles. The fraction of sp³-hybridized carbons (Fsp3) is 0.133. The molecule has 2 aromatic carbocycles. The molecule has 0 aliphatic rings. The first-order chi connectivity index (χ1) is 10.0. The van der Waals surface area contributed by atoms with Crippen LogP contribution in [0.3, 0.4) is 0 Å². The van der Waals surface area contributed by atoms with Crippen molar-refractivity contribution >= 4 is 35.0 Å². The lowest BCUT2D eigenvalue weighted by Crippen LogP contribution is -2.06. The monoisotopic (exact) mass is 325 g/mol. The second kappa shape index (κ2) is 6.83. The Morgan fingerprint density at radius 1 is 1.33 bits per heavy atom. The number of benzene rings is 2. The maximum atomic E-state index is 13.9. The predicted molar refractivity (Wildman–Crippen MR) is 83.2 cm³/mol. The van der Waals surface area contributed by atoms with E-state index < -0.39 is 11.8 Å². The number of nitrogen functional groups attached to an aromatic ring is 1. The van der Waals surface area contributed by atoms with Crippen LogP contribution in [0.2, 0.25) is 5.02 Å². The Balaban J connectivity index is 2.19. The van der Waals surface area contributed by atoms with E-state index in [0.29, 0.717) is 15.7 Å². The third-order valence-corrected chi connectivity index (χ3v) is 4.17. The molecule has 0 amide bonds. The van der Waals surface area contributed by atoms with Gasteiger partial charge in [0.2, 0.25) is 0 Å². The number of halogens is 2. The minimum atomic E-state index is -0.583. The number of nitrogens with two attached hydrogens (primary N) is 1. The zero-order valence-corrected chi connectivity index (χ0v) is 12.8. The van der Waals surface area contributed by atoms with Gasteiger partial charge in [-0.15, -0.1) is 11.8 Å². The van der Waals surface area contributed by atoms with Crippen LogP contribution in [0.15, 0.2) is 41.3 Å². The number of ether oxygens (including phenoxy) is 1. The average Bonchev–Trinajstić information content (AvgIpc) is 2.47. The highest BCUT2D eigenvalue weighted by Crippen LogP contribution is 2.29. The summed E-state index contributed by atoms with van der Waals surface area (Å²) in [5.41, 5.74) is 6.86. The molecule has 0 radical (unpaired) electrons. The van der Waals surface area contributed by atoms with Gasteiger partial charge < -0.3 is 10.5 Å². The van der Waals surface area contributed by atoms with Crippen molar-refractivity contribution in [1.82, 2.24) is 0 Å². The molecule has 0 saturated heterocycles. The molecule has 0 unspecified atom stereocenters. The molecule has 0 spiro atoms. The van der Waals surface area contributed by atoms with Crippen LogP contribution in [-0.4, -0.2) is 13.1 Å². The van der Waals surface area contributed by atoms with E-state index in [4.69, 9.17) is 17.3 Å². The normalized spacial score (nSPS) is 10.4. The van der Waals surface area contributed by atoms with Gasteiger partial charge in [-0.3, -0.25) is 0 Å². The molecule has 0 heterocycles. The second-order valence-corrected chi connectivity index (χ2v) is 5.73. The maximum absolute atomic E-state index is 13.9. The van der Waals surface area contributed by atoms with Gasteiger partial charge in [0.25, 0.3) is 0 Å². The summed E-state index contributed by atoms with van der Waals surface area (Å²) in [5, 5.41) is 0.649. The Morgan fingerprint density at radius 3 is 2.62 bits per heavy atom. The van der Waals surface area contributed by atoms with E-state index in [9.17, 15) is 9.18 Å². The third-order valence-electron chi connectivity index (χ3n) is 2.82. The number of rotatable bonds is 4. The van der Waals surface area contributed by atoms with Crippen molar-refractivity contribution < 1.29 is 13.9 Å². The van der Waals surface area contributed by atoms with Gasteiger partial charge in [0.05, 0.1) is 12.7 Å². The lowest BCUT2D eigenvalue weighted by atomic mass is 10.2. The number of hydrogen-bond acceptors (Lipinski definition) is 4. The third kappa shape index (κ3) is 3.89. The van der Waals surface area contributed by atoms with E-state index >= 15 is 0 Å². The highest BCUT2D eigenvalue weighted by molar-refractivity contribution is 7.98. The Bertz CT molecular complexity index is 661. The van der Waals surface area contributed by atoms with Gasteiger partial charge in [-0.05, 0) is 29.8 Å². The summed E-state index contributed by atoms with van der Waals surface area (Å²) < 4.78 is 18.5. The second-order valence-electron chi connectivity index (χ2n) is 4.28. The first-order valence-electron chi connectivity index (χ1n) is 6.06. The largest absolute Gasteiger partial charge is 0.465 e. The van der Waals surface area contributed by atoms with Crippen molar-refractivity contribution in [3.63, 3.8) is 0 Å². The van der Waals surface area contributed by atoms with Gasteiger partial charge >= 0.3 is 5.97 Å².